The van der Waals surface area contributed by atoms with Gasteiger partial charge in [0.25, 0.3) is 0 Å². The minimum atomic E-state index is -2.97. The largest absolute Gasteiger partial charge is 0.330 e. The van der Waals surface area contributed by atoms with Gasteiger partial charge in [0, 0.05) is 0 Å². The summed E-state index contributed by atoms with van der Waals surface area (Å²) >= 11 is 0. The van der Waals surface area contributed by atoms with Crippen LogP contribution < -0.4 is 0 Å². The summed E-state index contributed by atoms with van der Waals surface area (Å²) in [6.45, 7) is 8.08. The lowest BCUT2D eigenvalue weighted by molar-refractivity contribution is 0.197. The summed E-state index contributed by atoms with van der Waals surface area (Å²) in [5.74, 6) is 0. The quantitative estimate of drug-likeness (QED) is 0.0463. The fraction of sp³-hybridized carbons (Fsp3) is 1.00. The molecule has 0 rings (SSSR count). The maximum Gasteiger partial charge on any atom is 0.330 e. The zero-order valence-electron chi connectivity index (χ0n) is 35.1. The molecule has 3 nitrogen and oxygen atoms in total. The van der Waals surface area contributed by atoms with Crippen LogP contribution in [0.1, 0.15) is 278 Å². The van der Waals surface area contributed by atoms with E-state index in [1.807, 2.05) is 0 Å². The van der Waals surface area contributed by atoms with E-state index in [-0.39, 0.29) is 0 Å². The van der Waals surface area contributed by atoms with Crippen LogP contribution in [0.5, 0.6) is 0 Å². The van der Waals surface area contributed by atoms with Crippen molar-refractivity contribution in [3.63, 3.8) is 0 Å². The van der Waals surface area contributed by atoms with Crippen molar-refractivity contribution in [2.24, 2.45) is 0 Å². The van der Waals surface area contributed by atoms with Gasteiger partial charge in [-0.15, -0.1) is 0 Å². The molecule has 0 radical (unpaired) electrons. The fourth-order valence-electron chi connectivity index (χ4n) is 7.31. The van der Waals surface area contributed by atoms with Gasteiger partial charge in [0.05, 0.1) is 19.4 Å². The minimum Gasteiger partial charge on any atom is -0.309 e. The molecule has 0 amide bonds. The molecule has 0 bridgehead atoms. The predicted octanol–water partition coefficient (Wildman–Crippen LogP) is 17.9. The molecule has 0 aromatic rings. The zero-order valence-corrected chi connectivity index (χ0v) is 36.0. The third kappa shape index (κ3) is 40.9. The highest BCUT2D eigenvalue weighted by atomic mass is 31.2. The summed E-state index contributed by atoms with van der Waals surface area (Å²) in [5, 5.41) is 0. The Bertz CT molecular complexity index is 611. The lowest BCUT2D eigenvalue weighted by Gasteiger charge is -2.19. The van der Waals surface area contributed by atoms with E-state index in [1.165, 1.54) is 231 Å². The van der Waals surface area contributed by atoms with Crippen molar-refractivity contribution in [1.82, 2.24) is 0 Å². The highest BCUT2D eigenvalue weighted by molar-refractivity contribution is 7.53. The Morgan fingerprint density at radius 2 is 0.440 bits per heavy atom. The first-order chi connectivity index (χ1) is 24.7. The summed E-state index contributed by atoms with van der Waals surface area (Å²) < 4.78 is 25.8. The number of unbranched alkanes of at least 4 members (excludes halogenated alkanes) is 37. The smallest absolute Gasteiger partial charge is 0.309 e. The highest BCUT2D eigenvalue weighted by Gasteiger charge is 2.23. The number of hydrogen-bond donors (Lipinski definition) is 0. The van der Waals surface area contributed by atoms with Crippen molar-refractivity contribution >= 4 is 7.60 Å². The van der Waals surface area contributed by atoms with Gasteiger partial charge >= 0.3 is 7.60 Å². The van der Waals surface area contributed by atoms with Gasteiger partial charge in [-0.2, -0.15) is 0 Å². The van der Waals surface area contributed by atoms with Crippen LogP contribution in [0.2, 0.25) is 0 Å². The van der Waals surface area contributed by atoms with Crippen molar-refractivity contribution in [2.45, 2.75) is 278 Å². The Kier molecular flexibility index (Phi) is 43.7. The molecule has 0 aliphatic rings. The molecule has 0 aliphatic carbocycles. The SMILES string of the molecule is CCCCCCCCCCCCCCCCCCOP(=O)(CCCCCCCCCC)OCCCCCCCCCCCCCCCCCC. The first-order valence-corrected chi connectivity index (χ1v) is 25.3. The van der Waals surface area contributed by atoms with Crippen molar-refractivity contribution in [1.29, 1.82) is 0 Å². The Morgan fingerprint density at radius 1 is 0.260 bits per heavy atom. The van der Waals surface area contributed by atoms with Gasteiger partial charge in [-0.1, -0.05) is 258 Å². The lowest BCUT2D eigenvalue weighted by atomic mass is 10.0. The van der Waals surface area contributed by atoms with Crippen LogP contribution in [0.15, 0.2) is 0 Å². The van der Waals surface area contributed by atoms with E-state index in [9.17, 15) is 4.57 Å². The molecule has 0 N–H and O–H groups in total. The normalized spacial score (nSPS) is 12.0. The van der Waals surface area contributed by atoms with Crippen molar-refractivity contribution in [2.75, 3.05) is 19.4 Å². The average Bonchev–Trinajstić information content (AvgIpc) is 3.12. The number of rotatable bonds is 45. The van der Waals surface area contributed by atoms with Gasteiger partial charge in [0.2, 0.25) is 0 Å². The van der Waals surface area contributed by atoms with Gasteiger partial charge in [-0.25, -0.2) is 0 Å². The lowest BCUT2D eigenvalue weighted by Crippen LogP contribution is -2.04. The summed E-state index contributed by atoms with van der Waals surface area (Å²) in [6.07, 6.45) is 54.4. The molecule has 0 fully saturated rings. The maximum absolute atomic E-state index is 13.7. The Hall–Kier alpha value is 0.150. The van der Waals surface area contributed by atoms with Gasteiger partial charge < -0.3 is 9.05 Å². The molecule has 0 aliphatic heterocycles. The molecule has 0 saturated carbocycles. The third-order valence-electron chi connectivity index (χ3n) is 10.9. The molecule has 0 spiro atoms. The molecular formula is C46H95O3P. The van der Waals surface area contributed by atoms with E-state index >= 15 is 0 Å². The second-order valence-corrected chi connectivity index (χ2v) is 18.3. The van der Waals surface area contributed by atoms with Crippen LogP contribution in [0.3, 0.4) is 0 Å². The Morgan fingerprint density at radius 3 is 0.660 bits per heavy atom. The van der Waals surface area contributed by atoms with Crippen LogP contribution in [-0.2, 0) is 13.6 Å². The second-order valence-electron chi connectivity index (χ2n) is 16.1. The van der Waals surface area contributed by atoms with Crippen LogP contribution in [0.25, 0.3) is 0 Å². The van der Waals surface area contributed by atoms with E-state index in [0.717, 1.165) is 25.7 Å². The molecule has 4 heteroatoms. The summed E-state index contributed by atoms with van der Waals surface area (Å²) in [7, 11) is -2.97. The molecule has 50 heavy (non-hydrogen) atoms. The first kappa shape index (κ1) is 50.1. The minimum absolute atomic E-state index is 0.603. The van der Waals surface area contributed by atoms with Gasteiger partial charge in [0.1, 0.15) is 0 Å². The Labute approximate surface area is 317 Å². The van der Waals surface area contributed by atoms with Crippen molar-refractivity contribution in [3.8, 4) is 0 Å². The average molecular weight is 727 g/mol. The van der Waals surface area contributed by atoms with Crippen LogP contribution >= 0.6 is 7.60 Å². The summed E-state index contributed by atoms with van der Waals surface area (Å²) in [5.41, 5.74) is 0. The van der Waals surface area contributed by atoms with Gasteiger partial charge in [0.15, 0.2) is 0 Å². The zero-order chi connectivity index (χ0) is 36.3. The van der Waals surface area contributed by atoms with E-state index in [2.05, 4.69) is 20.8 Å². The highest BCUT2D eigenvalue weighted by Crippen LogP contribution is 2.49. The molecule has 0 aromatic heterocycles. The molecule has 0 unspecified atom stereocenters. The predicted molar refractivity (Wildman–Crippen MR) is 226 cm³/mol. The maximum atomic E-state index is 13.7. The van der Waals surface area contributed by atoms with Crippen molar-refractivity contribution < 1.29 is 13.6 Å². The second kappa shape index (κ2) is 43.6. The standard InChI is InChI=1S/C46H95O3P/c1-4-7-10-13-16-19-21-23-25-27-29-31-33-35-38-41-44-48-50(47,46-43-40-37-18-15-12-9-6-3)49-45-42-39-36-34-32-30-28-26-24-22-20-17-14-11-8-5-2/h4-46H2,1-3H3. The molecular weight excluding hydrogens is 631 g/mol. The van der Waals surface area contributed by atoms with Crippen molar-refractivity contribution in [3.05, 3.63) is 0 Å². The van der Waals surface area contributed by atoms with Gasteiger partial charge in [-0.3, -0.25) is 4.57 Å². The fourth-order valence-corrected chi connectivity index (χ4v) is 9.07. The number of hydrogen-bond acceptors (Lipinski definition) is 3. The van der Waals surface area contributed by atoms with Crippen LogP contribution in [0.4, 0.5) is 0 Å². The van der Waals surface area contributed by atoms with Crippen LogP contribution in [-0.4, -0.2) is 19.4 Å². The molecule has 0 atom stereocenters. The van der Waals surface area contributed by atoms with Gasteiger partial charge in [-0.05, 0) is 19.3 Å². The van der Waals surface area contributed by atoms with E-state index in [1.54, 1.807) is 0 Å². The molecule has 0 saturated heterocycles. The third-order valence-corrected chi connectivity index (χ3v) is 12.9. The molecule has 302 valence electrons. The molecule has 0 heterocycles. The van der Waals surface area contributed by atoms with Crippen LogP contribution in [0, 0.1) is 0 Å². The summed E-state index contributed by atoms with van der Waals surface area (Å²) in [4.78, 5) is 0. The van der Waals surface area contributed by atoms with E-state index in [0.29, 0.717) is 19.4 Å². The summed E-state index contributed by atoms with van der Waals surface area (Å²) in [6, 6.07) is 0. The Balaban J connectivity index is 3.93. The molecule has 0 aromatic carbocycles. The first-order valence-electron chi connectivity index (χ1n) is 23.6. The van der Waals surface area contributed by atoms with E-state index < -0.39 is 7.60 Å². The topological polar surface area (TPSA) is 35.5 Å². The van der Waals surface area contributed by atoms with E-state index in [4.69, 9.17) is 9.05 Å². The monoisotopic (exact) mass is 727 g/mol.